The summed E-state index contributed by atoms with van der Waals surface area (Å²) in [6.45, 7) is 9.51. The molecule has 2 rings (SSSR count). The molecule has 0 radical (unpaired) electrons. The quantitative estimate of drug-likeness (QED) is 0.729. The Balaban J connectivity index is 2.70. The van der Waals surface area contributed by atoms with E-state index in [4.69, 9.17) is 10.5 Å². The minimum atomic E-state index is -0.107. The second-order valence-corrected chi connectivity index (χ2v) is 6.77. The number of anilines is 1. The van der Waals surface area contributed by atoms with Gasteiger partial charge in [0.1, 0.15) is 5.75 Å². The van der Waals surface area contributed by atoms with Gasteiger partial charge in [0.2, 0.25) is 5.95 Å². The molecule has 2 N–H and O–H groups in total. The van der Waals surface area contributed by atoms with Crippen LogP contribution in [-0.4, -0.2) is 40.5 Å². The van der Waals surface area contributed by atoms with Crippen molar-refractivity contribution in [2.24, 2.45) is 0 Å². The molecule has 1 amide bonds. The van der Waals surface area contributed by atoms with Gasteiger partial charge in [-0.05, 0) is 45.4 Å². The Hall–Kier alpha value is -2.15. The van der Waals surface area contributed by atoms with Crippen molar-refractivity contribution in [2.45, 2.75) is 34.1 Å². The molecule has 140 valence electrons. The first kappa shape index (κ1) is 20.2. The van der Waals surface area contributed by atoms with Gasteiger partial charge >= 0.3 is 0 Å². The Morgan fingerprint density at radius 3 is 2.54 bits per heavy atom. The number of halogens is 1. The highest BCUT2D eigenvalue weighted by atomic mass is 79.9. The molecule has 1 aromatic carbocycles. The molecule has 2 aromatic rings. The summed E-state index contributed by atoms with van der Waals surface area (Å²) in [7, 11) is 0. The SMILES string of the molecule is CCCOc1ccc(Br)cc1-c1nc(N)nc(C)c1C(=O)N(CC)CC. The molecule has 0 bridgehead atoms. The monoisotopic (exact) mass is 420 g/mol. The molecule has 0 saturated carbocycles. The van der Waals surface area contributed by atoms with E-state index in [1.807, 2.05) is 39.0 Å². The summed E-state index contributed by atoms with van der Waals surface area (Å²) >= 11 is 3.49. The number of hydrogen-bond donors (Lipinski definition) is 1. The van der Waals surface area contributed by atoms with Gasteiger partial charge < -0.3 is 15.4 Å². The van der Waals surface area contributed by atoms with E-state index in [0.717, 1.165) is 16.5 Å². The molecule has 0 aliphatic heterocycles. The predicted molar refractivity (Wildman–Crippen MR) is 107 cm³/mol. The second-order valence-electron chi connectivity index (χ2n) is 5.86. The summed E-state index contributed by atoms with van der Waals surface area (Å²) in [5.41, 5.74) is 8.14. The fourth-order valence-electron chi connectivity index (χ4n) is 2.74. The number of hydrogen-bond acceptors (Lipinski definition) is 5. The first-order valence-corrected chi connectivity index (χ1v) is 9.58. The number of nitrogen functional groups attached to an aromatic ring is 1. The van der Waals surface area contributed by atoms with Crippen molar-refractivity contribution in [3.63, 3.8) is 0 Å². The van der Waals surface area contributed by atoms with Crippen LogP contribution in [-0.2, 0) is 0 Å². The molecule has 0 aliphatic carbocycles. The summed E-state index contributed by atoms with van der Waals surface area (Å²) < 4.78 is 6.74. The number of ether oxygens (including phenoxy) is 1. The van der Waals surface area contributed by atoms with E-state index in [1.165, 1.54) is 0 Å². The van der Waals surface area contributed by atoms with Gasteiger partial charge in [0.25, 0.3) is 5.91 Å². The lowest BCUT2D eigenvalue weighted by Crippen LogP contribution is -2.32. The summed E-state index contributed by atoms with van der Waals surface area (Å²) in [5, 5.41) is 0. The molecule has 26 heavy (non-hydrogen) atoms. The van der Waals surface area contributed by atoms with Crippen LogP contribution in [0.25, 0.3) is 11.3 Å². The molecule has 7 heteroatoms. The van der Waals surface area contributed by atoms with Crippen LogP contribution in [0.15, 0.2) is 22.7 Å². The van der Waals surface area contributed by atoms with E-state index in [9.17, 15) is 4.79 Å². The molecule has 0 aliphatic rings. The number of amides is 1. The van der Waals surface area contributed by atoms with E-state index < -0.39 is 0 Å². The highest BCUT2D eigenvalue weighted by Gasteiger charge is 2.25. The lowest BCUT2D eigenvalue weighted by atomic mass is 10.0. The van der Waals surface area contributed by atoms with Gasteiger partial charge in [0, 0.05) is 23.1 Å². The lowest BCUT2D eigenvalue weighted by Gasteiger charge is -2.22. The van der Waals surface area contributed by atoms with Crippen LogP contribution in [0.2, 0.25) is 0 Å². The standard InChI is InChI=1S/C19H25BrN4O2/c1-5-10-26-15-9-8-13(20)11-14(15)17-16(12(4)22-19(21)23-17)18(25)24(6-2)7-3/h8-9,11H,5-7,10H2,1-4H3,(H2,21,22,23). The van der Waals surface area contributed by atoms with Crippen LogP contribution in [0.1, 0.15) is 43.2 Å². The number of benzene rings is 1. The second kappa shape index (κ2) is 8.98. The average Bonchev–Trinajstić information content (AvgIpc) is 2.60. The molecule has 0 fully saturated rings. The number of aromatic nitrogens is 2. The van der Waals surface area contributed by atoms with E-state index >= 15 is 0 Å². The fourth-order valence-corrected chi connectivity index (χ4v) is 3.10. The van der Waals surface area contributed by atoms with Crippen molar-refractivity contribution in [1.29, 1.82) is 0 Å². The average molecular weight is 421 g/mol. The largest absolute Gasteiger partial charge is 0.493 e. The summed E-state index contributed by atoms with van der Waals surface area (Å²) in [5.74, 6) is 0.695. The fraction of sp³-hybridized carbons (Fsp3) is 0.421. The summed E-state index contributed by atoms with van der Waals surface area (Å²) in [6.07, 6.45) is 0.881. The first-order valence-electron chi connectivity index (χ1n) is 8.78. The van der Waals surface area contributed by atoms with Gasteiger partial charge in [-0.15, -0.1) is 0 Å². The molecule has 0 spiro atoms. The molecule has 1 aromatic heterocycles. The van der Waals surface area contributed by atoms with Gasteiger partial charge in [-0.1, -0.05) is 22.9 Å². The maximum atomic E-state index is 13.1. The minimum absolute atomic E-state index is 0.107. The summed E-state index contributed by atoms with van der Waals surface area (Å²) in [6, 6.07) is 5.66. The van der Waals surface area contributed by atoms with Gasteiger partial charge in [-0.3, -0.25) is 4.79 Å². The number of carbonyl (C=O) groups excluding carboxylic acids is 1. The van der Waals surface area contributed by atoms with E-state index in [-0.39, 0.29) is 11.9 Å². The topological polar surface area (TPSA) is 81.3 Å². The van der Waals surface area contributed by atoms with Crippen molar-refractivity contribution in [3.8, 4) is 17.0 Å². The van der Waals surface area contributed by atoms with E-state index in [0.29, 0.717) is 42.4 Å². The van der Waals surface area contributed by atoms with Crippen LogP contribution in [0.5, 0.6) is 5.75 Å². The van der Waals surface area contributed by atoms with Crippen molar-refractivity contribution < 1.29 is 9.53 Å². The Morgan fingerprint density at radius 2 is 1.92 bits per heavy atom. The number of carbonyl (C=O) groups is 1. The van der Waals surface area contributed by atoms with Crippen LogP contribution in [0, 0.1) is 6.92 Å². The highest BCUT2D eigenvalue weighted by Crippen LogP contribution is 2.35. The molecule has 0 saturated heterocycles. The van der Waals surface area contributed by atoms with E-state index in [2.05, 4.69) is 25.9 Å². The Morgan fingerprint density at radius 1 is 1.23 bits per heavy atom. The maximum Gasteiger partial charge on any atom is 0.257 e. The Bertz CT molecular complexity index is 791. The lowest BCUT2D eigenvalue weighted by molar-refractivity contribution is 0.0772. The minimum Gasteiger partial charge on any atom is -0.493 e. The maximum absolute atomic E-state index is 13.1. The molecule has 1 heterocycles. The molecular formula is C19H25BrN4O2. The van der Waals surface area contributed by atoms with Crippen molar-refractivity contribution in [3.05, 3.63) is 33.9 Å². The Labute approximate surface area is 162 Å². The number of rotatable bonds is 7. The third-order valence-corrected chi connectivity index (χ3v) is 4.52. The van der Waals surface area contributed by atoms with Crippen LogP contribution < -0.4 is 10.5 Å². The molecular weight excluding hydrogens is 396 g/mol. The van der Waals surface area contributed by atoms with Gasteiger partial charge in [-0.25, -0.2) is 9.97 Å². The van der Waals surface area contributed by atoms with Gasteiger partial charge in [0.15, 0.2) is 0 Å². The van der Waals surface area contributed by atoms with Crippen molar-refractivity contribution >= 4 is 27.8 Å². The number of aryl methyl sites for hydroxylation is 1. The zero-order chi connectivity index (χ0) is 19.3. The molecule has 0 atom stereocenters. The first-order chi connectivity index (χ1) is 12.4. The molecule has 0 unspecified atom stereocenters. The molecule has 6 nitrogen and oxygen atoms in total. The normalized spacial score (nSPS) is 10.7. The Kier molecular flexibility index (Phi) is 6.97. The third-order valence-electron chi connectivity index (χ3n) is 4.03. The van der Waals surface area contributed by atoms with Crippen LogP contribution in [0.4, 0.5) is 5.95 Å². The van der Waals surface area contributed by atoms with Gasteiger partial charge in [0.05, 0.1) is 23.6 Å². The third kappa shape index (κ3) is 4.33. The van der Waals surface area contributed by atoms with Gasteiger partial charge in [-0.2, -0.15) is 0 Å². The summed E-state index contributed by atoms with van der Waals surface area (Å²) in [4.78, 5) is 23.5. The van der Waals surface area contributed by atoms with Crippen LogP contribution >= 0.6 is 15.9 Å². The van der Waals surface area contributed by atoms with E-state index in [1.54, 1.807) is 11.8 Å². The van der Waals surface area contributed by atoms with Crippen molar-refractivity contribution in [2.75, 3.05) is 25.4 Å². The number of nitrogens with two attached hydrogens (primary N) is 1. The van der Waals surface area contributed by atoms with Crippen molar-refractivity contribution in [1.82, 2.24) is 14.9 Å². The highest BCUT2D eigenvalue weighted by molar-refractivity contribution is 9.10. The predicted octanol–water partition coefficient (Wildman–Crippen LogP) is 4.07. The van der Waals surface area contributed by atoms with Crippen LogP contribution in [0.3, 0.4) is 0 Å². The number of nitrogens with zero attached hydrogens (tertiary/aromatic N) is 3. The smallest absolute Gasteiger partial charge is 0.257 e. The zero-order valence-corrected chi connectivity index (χ0v) is 17.3. The zero-order valence-electron chi connectivity index (χ0n) is 15.7.